The number of carbonyl (C=O) groups excluding carboxylic acids is 1. The molecule has 0 saturated heterocycles. The second-order valence-corrected chi connectivity index (χ2v) is 7.47. The Bertz CT molecular complexity index is 940. The molecule has 1 aliphatic carbocycles. The Balaban J connectivity index is 1.36. The lowest BCUT2D eigenvalue weighted by Crippen LogP contribution is -2.22. The monoisotopic (exact) mass is 377 g/mol. The molecule has 5 heteroatoms. The molecule has 1 saturated carbocycles. The number of methoxy groups -OCH3 is 1. The molecule has 1 heterocycles. The number of amides is 1. The maximum Gasteiger partial charge on any atom is 0.244 e. The van der Waals surface area contributed by atoms with Gasteiger partial charge >= 0.3 is 0 Å². The van der Waals surface area contributed by atoms with Crippen LogP contribution in [-0.2, 0) is 11.3 Å². The molecule has 2 aromatic carbocycles. The summed E-state index contributed by atoms with van der Waals surface area (Å²) in [5.74, 6) is 0.776. The van der Waals surface area contributed by atoms with E-state index in [-0.39, 0.29) is 12.5 Å². The SMILES string of the molecule is COc1ccc2c(ccn2CC(=O)Nc2ccc(NC3CCCCC3)cc2)c1. The number of hydrogen-bond acceptors (Lipinski definition) is 3. The number of anilines is 2. The zero-order valence-electron chi connectivity index (χ0n) is 16.3. The molecule has 0 spiro atoms. The average Bonchev–Trinajstić information content (AvgIpc) is 3.12. The van der Waals surface area contributed by atoms with Gasteiger partial charge in [0.2, 0.25) is 5.91 Å². The Morgan fingerprint density at radius 2 is 1.79 bits per heavy atom. The summed E-state index contributed by atoms with van der Waals surface area (Å²) < 4.78 is 7.20. The summed E-state index contributed by atoms with van der Waals surface area (Å²) in [5, 5.41) is 7.65. The van der Waals surface area contributed by atoms with Crippen LogP contribution in [0.15, 0.2) is 54.7 Å². The number of aromatic nitrogens is 1. The first-order valence-corrected chi connectivity index (χ1v) is 10.0. The van der Waals surface area contributed by atoms with Gasteiger partial charge in [0.1, 0.15) is 12.3 Å². The predicted octanol–water partition coefficient (Wildman–Crippen LogP) is 5.03. The van der Waals surface area contributed by atoms with E-state index in [0.29, 0.717) is 6.04 Å². The van der Waals surface area contributed by atoms with Crippen LogP contribution in [0.3, 0.4) is 0 Å². The Morgan fingerprint density at radius 1 is 1.04 bits per heavy atom. The molecule has 3 aromatic rings. The lowest BCUT2D eigenvalue weighted by Gasteiger charge is -2.23. The van der Waals surface area contributed by atoms with Gasteiger partial charge in [-0.1, -0.05) is 19.3 Å². The molecule has 1 amide bonds. The van der Waals surface area contributed by atoms with Crippen molar-refractivity contribution >= 4 is 28.2 Å². The van der Waals surface area contributed by atoms with Crippen LogP contribution in [0.1, 0.15) is 32.1 Å². The number of nitrogens with one attached hydrogen (secondary N) is 2. The summed E-state index contributed by atoms with van der Waals surface area (Å²) in [7, 11) is 1.65. The minimum Gasteiger partial charge on any atom is -0.497 e. The Kier molecular flexibility index (Phi) is 5.51. The standard InChI is InChI=1S/C23H27N3O2/c1-28-21-11-12-22-17(15-21)13-14-26(22)16-23(27)25-20-9-7-19(8-10-20)24-18-5-3-2-4-6-18/h7-15,18,24H,2-6,16H2,1H3,(H,25,27). The number of rotatable bonds is 6. The quantitative estimate of drug-likeness (QED) is 0.633. The van der Waals surface area contributed by atoms with Gasteiger partial charge in [-0.15, -0.1) is 0 Å². The first kappa shape index (κ1) is 18.4. The molecule has 4 rings (SSSR count). The number of benzene rings is 2. The zero-order chi connectivity index (χ0) is 19.3. The van der Waals surface area contributed by atoms with E-state index in [1.54, 1.807) is 7.11 Å². The van der Waals surface area contributed by atoms with Gasteiger partial charge in [0.15, 0.2) is 0 Å². The number of ether oxygens (including phenoxy) is 1. The molecule has 5 nitrogen and oxygen atoms in total. The molecular weight excluding hydrogens is 350 g/mol. The average molecular weight is 377 g/mol. The van der Waals surface area contributed by atoms with Crippen molar-refractivity contribution in [2.45, 2.75) is 44.7 Å². The molecular formula is C23H27N3O2. The van der Waals surface area contributed by atoms with E-state index in [2.05, 4.69) is 10.6 Å². The van der Waals surface area contributed by atoms with Crippen LogP contribution in [0.4, 0.5) is 11.4 Å². The lowest BCUT2D eigenvalue weighted by atomic mass is 9.95. The molecule has 0 atom stereocenters. The van der Waals surface area contributed by atoms with Crippen molar-refractivity contribution in [1.82, 2.24) is 4.57 Å². The van der Waals surface area contributed by atoms with Gasteiger partial charge in [-0.2, -0.15) is 0 Å². The third kappa shape index (κ3) is 4.30. The van der Waals surface area contributed by atoms with Crippen molar-refractivity contribution in [3.05, 3.63) is 54.7 Å². The Hall–Kier alpha value is -2.95. The van der Waals surface area contributed by atoms with Crippen LogP contribution in [0, 0.1) is 0 Å². The van der Waals surface area contributed by atoms with Gasteiger partial charge in [-0.25, -0.2) is 0 Å². The highest BCUT2D eigenvalue weighted by Gasteiger charge is 2.13. The van der Waals surface area contributed by atoms with Gasteiger partial charge in [0, 0.05) is 34.5 Å². The molecule has 1 aliphatic rings. The van der Waals surface area contributed by atoms with Crippen molar-refractivity contribution in [1.29, 1.82) is 0 Å². The van der Waals surface area contributed by atoms with Crippen molar-refractivity contribution < 1.29 is 9.53 Å². The smallest absolute Gasteiger partial charge is 0.244 e. The fraction of sp³-hybridized carbons (Fsp3) is 0.348. The predicted molar refractivity (Wildman–Crippen MR) is 114 cm³/mol. The van der Waals surface area contributed by atoms with E-state index in [9.17, 15) is 4.79 Å². The molecule has 28 heavy (non-hydrogen) atoms. The summed E-state index contributed by atoms with van der Waals surface area (Å²) in [6, 6.07) is 16.4. The minimum absolute atomic E-state index is 0.0405. The first-order chi connectivity index (χ1) is 13.7. The maximum absolute atomic E-state index is 12.5. The molecule has 1 fully saturated rings. The topological polar surface area (TPSA) is 55.3 Å². The highest BCUT2D eigenvalue weighted by Crippen LogP contribution is 2.23. The van der Waals surface area contributed by atoms with E-state index in [4.69, 9.17) is 4.74 Å². The Labute approximate surface area is 165 Å². The summed E-state index contributed by atoms with van der Waals surface area (Å²) in [6.07, 6.45) is 8.40. The van der Waals surface area contributed by atoms with E-state index in [0.717, 1.165) is 28.0 Å². The summed E-state index contributed by atoms with van der Waals surface area (Å²) in [5.41, 5.74) is 2.95. The number of nitrogens with zero attached hydrogens (tertiary/aromatic N) is 1. The summed E-state index contributed by atoms with van der Waals surface area (Å²) in [4.78, 5) is 12.5. The molecule has 0 aliphatic heterocycles. The van der Waals surface area contributed by atoms with Crippen molar-refractivity contribution in [2.24, 2.45) is 0 Å². The van der Waals surface area contributed by atoms with Gasteiger partial charge in [0.05, 0.1) is 7.11 Å². The van der Waals surface area contributed by atoms with Crippen LogP contribution in [0.5, 0.6) is 5.75 Å². The molecule has 2 N–H and O–H groups in total. The van der Waals surface area contributed by atoms with Crippen molar-refractivity contribution in [3.63, 3.8) is 0 Å². The zero-order valence-corrected chi connectivity index (χ0v) is 16.3. The minimum atomic E-state index is -0.0405. The van der Waals surface area contributed by atoms with Gasteiger partial charge in [-0.05, 0) is 61.4 Å². The highest BCUT2D eigenvalue weighted by molar-refractivity contribution is 5.92. The van der Waals surface area contributed by atoms with E-state index >= 15 is 0 Å². The van der Waals surface area contributed by atoms with Crippen LogP contribution in [0.25, 0.3) is 10.9 Å². The fourth-order valence-electron chi connectivity index (χ4n) is 3.93. The second-order valence-electron chi connectivity index (χ2n) is 7.47. The van der Waals surface area contributed by atoms with Crippen LogP contribution >= 0.6 is 0 Å². The summed E-state index contributed by atoms with van der Waals surface area (Å²) in [6.45, 7) is 0.276. The molecule has 0 bridgehead atoms. The maximum atomic E-state index is 12.5. The first-order valence-electron chi connectivity index (χ1n) is 10.0. The second kappa shape index (κ2) is 8.38. The van der Waals surface area contributed by atoms with Gasteiger partial charge < -0.3 is 19.9 Å². The van der Waals surface area contributed by atoms with Gasteiger partial charge in [0.25, 0.3) is 0 Å². The molecule has 146 valence electrons. The van der Waals surface area contributed by atoms with E-state index < -0.39 is 0 Å². The molecule has 0 radical (unpaired) electrons. The number of fused-ring (bicyclic) bond motifs is 1. The normalized spacial score (nSPS) is 14.8. The third-order valence-corrected chi connectivity index (χ3v) is 5.44. The van der Waals surface area contributed by atoms with E-state index in [1.165, 1.54) is 32.1 Å². The highest BCUT2D eigenvalue weighted by atomic mass is 16.5. The third-order valence-electron chi connectivity index (χ3n) is 5.44. The summed E-state index contributed by atoms with van der Waals surface area (Å²) >= 11 is 0. The largest absolute Gasteiger partial charge is 0.497 e. The van der Waals surface area contributed by atoms with Crippen LogP contribution < -0.4 is 15.4 Å². The van der Waals surface area contributed by atoms with Crippen molar-refractivity contribution in [3.8, 4) is 5.75 Å². The van der Waals surface area contributed by atoms with Crippen molar-refractivity contribution in [2.75, 3.05) is 17.7 Å². The molecule has 0 unspecified atom stereocenters. The van der Waals surface area contributed by atoms with Gasteiger partial charge in [-0.3, -0.25) is 4.79 Å². The lowest BCUT2D eigenvalue weighted by molar-refractivity contribution is -0.116. The number of carbonyl (C=O) groups is 1. The van der Waals surface area contributed by atoms with Crippen LogP contribution in [-0.4, -0.2) is 23.6 Å². The fourth-order valence-corrected chi connectivity index (χ4v) is 3.93. The van der Waals surface area contributed by atoms with Crippen LogP contribution in [0.2, 0.25) is 0 Å². The van der Waals surface area contributed by atoms with E-state index in [1.807, 2.05) is 59.3 Å². The Morgan fingerprint density at radius 3 is 2.54 bits per heavy atom. The molecule has 1 aromatic heterocycles. The number of hydrogen-bond donors (Lipinski definition) is 2.